The van der Waals surface area contributed by atoms with Gasteiger partial charge in [-0.1, -0.05) is 154 Å². The van der Waals surface area contributed by atoms with E-state index < -0.39 is 49.5 Å². The standard InChI is InChI=1S/C38H73NO8/c1-3-5-7-9-11-13-15-16-17-18-19-21-23-25-27-32(41)31(30-46-38-37(45)36(44)35(43)33(29-40)47-38)39-34(42)28-26-24-22-20-14-12-10-8-6-4-2/h25,27,31-33,35-38,40-41,43-45H,3-24,26,28-30H2,1-2H3,(H,39,42)/b27-25+/t31-,32+,33+,35-,36?,37?,38+/m0/s1. The molecule has 0 aromatic heterocycles. The van der Waals surface area contributed by atoms with Crippen LogP contribution in [0.4, 0.5) is 0 Å². The Kier molecular flexibility index (Phi) is 27.9. The summed E-state index contributed by atoms with van der Waals surface area (Å²) in [7, 11) is 0. The number of ether oxygens (including phenoxy) is 2. The molecule has 6 N–H and O–H groups in total. The second-order valence-corrected chi connectivity index (χ2v) is 13.7. The number of aliphatic hydroxyl groups is 5. The minimum absolute atomic E-state index is 0.180. The fourth-order valence-corrected chi connectivity index (χ4v) is 6.15. The smallest absolute Gasteiger partial charge is 0.220 e. The molecule has 47 heavy (non-hydrogen) atoms. The van der Waals surface area contributed by atoms with Gasteiger partial charge < -0.3 is 40.3 Å². The molecule has 2 unspecified atom stereocenters. The quantitative estimate of drug-likeness (QED) is 0.0357. The Morgan fingerprint density at radius 3 is 1.66 bits per heavy atom. The average molecular weight is 672 g/mol. The van der Waals surface area contributed by atoms with Gasteiger partial charge in [0, 0.05) is 6.42 Å². The third-order valence-electron chi connectivity index (χ3n) is 9.36. The highest BCUT2D eigenvalue weighted by molar-refractivity contribution is 5.76. The molecule has 1 rings (SSSR count). The van der Waals surface area contributed by atoms with Crippen LogP contribution in [0.1, 0.15) is 168 Å². The summed E-state index contributed by atoms with van der Waals surface area (Å²) in [5.41, 5.74) is 0. The molecule has 1 amide bonds. The highest BCUT2D eigenvalue weighted by Gasteiger charge is 2.44. The topological polar surface area (TPSA) is 149 Å². The van der Waals surface area contributed by atoms with E-state index in [2.05, 4.69) is 19.2 Å². The normalized spacial score (nSPS) is 22.9. The van der Waals surface area contributed by atoms with Crippen LogP contribution in [0.25, 0.3) is 0 Å². The van der Waals surface area contributed by atoms with Gasteiger partial charge >= 0.3 is 0 Å². The van der Waals surface area contributed by atoms with E-state index in [1.54, 1.807) is 6.08 Å². The van der Waals surface area contributed by atoms with Crippen LogP contribution in [-0.2, 0) is 14.3 Å². The lowest BCUT2D eigenvalue weighted by molar-refractivity contribution is -0.302. The van der Waals surface area contributed by atoms with Crippen LogP contribution in [0.5, 0.6) is 0 Å². The van der Waals surface area contributed by atoms with Crippen molar-refractivity contribution in [3.8, 4) is 0 Å². The SMILES string of the molecule is CCCCCCCCCCCCCC/C=C/[C@@H](O)[C@H](CO[C@@H]1O[C@H](CO)[C@H](O)C(O)C1O)NC(=O)CCCCCCCCCCCC. The zero-order chi connectivity index (χ0) is 34.5. The third-order valence-corrected chi connectivity index (χ3v) is 9.36. The molecule has 1 heterocycles. The van der Waals surface area contributed by atoms with Gasteiger partial charge in [-0.05, 0) is 19.3 Å². The first kappa shape index (κ1) is 44.0. The molecule has 278 valence electrons. The summed E-state index contributed by atoms with van der Waals surface area (Å²) in [5, 5.41) is 53.8. The molecule has 0 saturated carbocycles. The number of hydrogen-bond acceptors (Lipinski definition) is 8. The summed E-state index contributed by atoms with van der Waals surface area (Å²) in [5.74, 6) is -0.180. The summed E-state index contributed by atoms with van der Waals surface area (Å²) >= 11 is 0. The van der Waals surface area contributed by atoms with Crippen molar-refractivity contribution in [1.82, 2.24) is 5.32 Å². The van der Waals surface area contributed by atoms with Crippen LogP contribution in [0.3, 0.4) is 0 Å². The number of rotatable bonds is 31. The molecule has 1 fully saturated rings. The molecule has 0 aromatic carbocycles. The Morgan fingerprint density at radius 1 is 0.702 bits per heavy atom. The Morgan fingerprint density at radius 2 is 1.17 bits per heavy atom. The van der Waals surface area contributed by atoms with Gasteiger partial charge in [0.1, 0.15) is 24.4 Å². The Bertz CT molecular complexity index is 751. The molecular weight excluding hydrogens is 598 g/mol. The fraction of sp³-hybridized carbons (Fsp3) is 0.921. The maximum absolute atomic E-state index is 12.8. The van der Waals surface area contributed by atoms with E-state index in [4.69, 9.17) is 9.47 Å². The highest BCUT2D eigenvalue weighted by atomic mass is 16.7. The van der Waals surface area contributed by atoms with Crippen molar-refractivity contribution in [3.05, 3.63) is 12.2 Å². The zero-order valence-electron chi connectivity index (χ0n) is 30.0. The summed E-state index contributed by atoms with van der Waals surface area (Å²) in [6.07, 6.45) is 23.9. The summed E-state index contributed by atoms with van der Waals surface area (Å²) < 4.78 is 11.1. The Labute approximate surface area is 286 Å². The number of carbonyl (C=O) groups is 1. The predicted octanol–water partition coefficient (Wildman–Crippen LogP) is 6.61. The second-order valence-electron chi connectivity index (χ2n) is 13.7. The van der Waals surface area contributed by atoms with E-state index in [9.17, 15) is 30.3 Å². The number of allylic oxidation sites excluding steroid dienone is 1. The lowest BCUT2D eigenvalue weighted by Gasteiger charge is -2.40. The first-order valence-electron chi connectivity index (χ1n) is 19.4. The van der Waals surface area contributed by atoms with E-state index >= 15 is 0 Å². The monoisotopic (exact) mass is 672 g/mol. The average Bonchev–Trinajstić information content (AvgIpc) is 3.07. The van der Waals surface area contributed by atoms with Crippen molar-refractivity contribution >= 4 is 5.91 Å². The molecule has 0 bridgehead atoms. The molecule has 7 atom stereocenters. The van der Waals surface area contributed by atoms with E-state index in [1.807, 2.05) is 6.08 Å². The molecular formula is C38H73NO8. The summed E-state index contributed by atoms with van der Waals surface area (Å²) in [6.45, 7) is 3.73. The Hall–Kier alpha value is -1.07. The number of nitrogens with one attached hydrogen (secondary N) is 1. The van der Waals surface area contributed by atoms with E-state index in [0.29, 0.717) is 6.42 Å². The highest BCUT2D eigenvalue weighted by Crippen LogP contribution is 2.22. The first-order chi connectivity index (χ1) is 22.8. The van der Waals surface area contributed by atoms with Gasteiger partial charge in [-0.3, -0.25) is 4.79 Å². The number of unbranched alkanes of at least 4 members (excludes halogenated alkanes) is 21. The number of aliphatic hydroxyl groups excluding tert-OH is 5. The maximum Gasteiger partial charge on any atom is 0.220 e. The summed E-state index contributed by atoms with van der Waals surface area (Å²) in [6, 6.07) is -0.795. The van der Waals surface area contributed by atoms with E-state index in [1.165, 1.54) is 109 Å². The van der Waals surface area contributed by atoms with E-state index in [-0.39, 0.29) is 12.5 Å². The molecule has 0 spiro atoms. The van der Waals surface area contributed by atoms with E-state index in [0.717, 1.165) is 38.5 Å². The number of hydrogen-bond donors (Lipinski definition) is 6. The van der Waals surface area contributed by atoms with Crippen LogP contribution in [0, 0.1) is 0 Å². The molecule has 1 aliphatic rings. The molecule has 9 nitrogen and oxygen atoms in total. The van der Waals surface area contributed by atoms with Crippen molar-refractivity contribution in [3.63, 3.8) is 0 Å². The van der Waals surface area contributed by atoms with Crippen molar-refractivity contribution in [2.24, 2.45) is 0 Å². The number of carbonyl (C=O) groups excluding carboxylic acids is 1. The first-order valence-corrected chi connectivity index (χ1v) is 19.4. The van der Waals surface area contributed by atoms with Gasteiger partial charge in [0.2, 0.25) is 5.91 Å². The minimum Gasteiger partial charge on any atom is -0.394 e. The Balaban J connectivity index is 2.46. The predicted molar refractivity (Wildman–Crippen MR) is 189 cm³/mol. The second kappa shape index (κ2) is 29.8. The largest absolute Gasteiger partial charge is 0.394 e. The molecule has 0 aliphatic carbocycles. The van der Waals surface area contributed by atoms with Crippen LogP contribution in [0.2, 0.25) is 0 Å². The molecule has 0 radical (unpaired) electrons. The van der Waals surface area contributed by atoms with Crippen LogP contribution >= 0.6 is 0 Å². The molecule has 0 aromatic rings. The van der Waals surface area contributed by atoms with Crippen molar-refractivity contribution < 1.29 is 39.8 Å². The van der Waals surface area contributed by atoms with Crippen molar-refractivity contribution in [2.45, 2.75) is 211 Å². The van der Waals surface area contributed by atoms with Gasteiger partial charge in [-0.2, -0.15) is 0 Å². The van der Waals surface area contributed by atoms with Crippen molar-refractivity contribution in [2.75, 3.05) is 13.2 Å². The lowest BCUT2D eigenvalue weighted by Crippen LogP contribution is -2.60. The molecule has 1 saturated heterocycles. The van der Waals surface area contributed by atoms with Gasteiger partial charge in [0.15, 0.2) is 6.29 Å². The van der Waals surface area contributed by atoms with Crippen LogP contribution < -0.4 is 5.32 Å². The molecule has 9 heteroatoms. The zero-order valence-corrected chi connectivity index (χ0v) is 30.0. The van der Waals surface area contributed by atoms with Crippen LogP contribution in [-0.4, -0.2) is 87.5 Å². The number of amides is 1. The van der Waals surface area contributed by atoms with Crippen LogP contribution in [0.15, 0.2) is 12.2 Å². The maximum atomic E-state index is 12.8. The van der Waals surface area contributed by atoms with Gasteiger partial charge in [0.25, 0.3) is 0 Å². The van der Waals surface area contributed by atoms with Crippen molar-refractivity contribution in [1.29, 1.82) is 0 Å². The fourth-order valence-electron chi connectivity index (χ4n) is 6.15. The van der Waals surface area contributed by atoms with Gasteiger partial charge in [0.05, 0.1) is 25.4 Å². The van der Waals surface area contributed by atoms with Gasteiger partial charge in [-0.15, -0.1) is 0 Å². The lowest BCUT2D eigenvalue weighted by atomic mass is 9.99. The summed E-state index contributed by atoms with van der Waals surface area (Å²) in [4.78, 5) is 12.8. The minimum atomic E-state index is -1.56. The molecule has 1 aliphatic heterocycles. The third kappa shape index (κ3) is 21.6. The van der Waals surface area contributed by atoms with Gasteiger partial charge in [-0.25, -0.2) is 0 Å².